The van der Waals surface area contributed by atoms with Crippen LogP contribution in [0.1, 0.15) is 28.4 Å². The van der Waals surface area contributed by atoms with E-state index in [1.807, 2.05) is 6.07 Å². The molecular formula is C20H19FN4O3. The molecule has 0 aromatic heterocycles. The summed E-state index contributed by atoms with van der Waals surface area (Å²) in [6.45, 7) is 1.43. The molecule has 8 heteroatoms. The maximum Gasteiger partial charge on any atom is 0.251 e. The van der Waals surface area contributed by atoms with Crippen molar-refractivity contribution in [2.24, 2.45) is 5.73 Å². The molecule has 4 N–H and O–H groups in total. The molecule has 0 heterocycles. The van der Waals surface area contributed by atoms with Gasteiger partial charge in [-0.05, 0) is 30.7 Å². The van der Waals surface area contributed by atoms with E-state index in [-0.39, 0.29) is 17.5 Å². The number of nitriles is 1. The van der Waals surface area contributed by atoms with Gasteiger partial charge in [-0.3, -0.25) is 14.4 Å². The molecule has 0 unspecified atom stereocenters. The number of benzene rings is 2. The van der Waals surface area contributed by atoms with Crippen LogP contribution < -0.4 is 16.4 Å². The first-order valence-corrected chi connectivity index (χ1v) is 8.46. The number of carbonyl (C=O) groups is 3. The van der Waals surface area contributed by atoms with Gasteiger partial charge in [0.2, 0.25) is 11.8 Å². The molecule has 0 aliphatic carbocycles. The van der Waals surface area contributed by atoms with Crippen LogP contribution in [-0.2, 0) is 16.0 Å². The number of nitrogens with two attached hydrogens (primary N) is 1. The summed E-state index contributed by atoms with van der Waals surface area (Å²) in [6.07, 6.45) is 0.214. The van der Waals surface area contributed by atoms with Crippen molar-refractivity contribution < 1.29 is 18.8 Å². The van der Waals surface area contributed by atoms with Crippen molar-refractivity contribution in [2.75, 3.05) is 0 Å². The normalized spacial score (nSPS) is 12.3. The second-order valence-corrected chi connectivity index (χ2v) is 6.15. The van der Waals surface area contributed by atoms with Crippen LogP contribution in [-0.4, -0.2) is 29.8 Å². The summed E-state index contributed by atoms with van der Waals surface area (Å²) < 4.78 is 13.4. The molecule has 144 valence electrons. The van der Waals surface area contributed by atoms with Crippen molar-refractivity contribution >= 4 is 17.7 Å². The topological polar surface area (TPSA) is 125 Å². The third-order valence-electron chi connectivity index (χ3n) is 4.03. The molecule has 3 amide bonds. The lowest BCUT2D eigenvalue weighted by Gasteiger charge is -2.19. The standard InChI is InChI=1S/C20H19FN4O3/c1-12(24-20(28)14-7-8-16(21)15(10-14)11-22)19(27)25-17(18(23)26)9-13-5-3-2-4-6-13/h2-8,10,12,17H,9H2,1H3,(H2,23,26)(H,24,28)(H,25,27)/t12-,17-/m1/s1/i21-1. The zero-order chi connectivity index (χ0) is 20.7. The van der Waals surface area contributed by atoms with Gasteiger partial charge in [0, 0.05) is 12.0 Å². The highest BCUT2D eigenvalue weighted by Crippen LogP contribution is 2.10. The Morgan fingerprint density at radius 3 is 2.43 bits per heavy atom. The molecule has 0 saturated heterocycles. The quantitative estimate of drug-likeness (QED) is 0.662. The zero-order valence-electron chi connectivity index (χ0n) is 15.1. The van der Waals surface area contributed by atoms with Crippen LogP contribution >= 0.6 is 0 Å². The average molecular weight is 381 g/mol. The molecule has 0 bridgehead atoms. The highest BCUT2D eigenvalue weighted by atomic mass is 18.2. The number of nitrogens with one attached hydrogen (secondary N) is 2. The van der Waals surface area contributed by atoms with Crippen LogP contribution in [0.4, 0.5) is 4.39 Å². The number of halogens is 1. The SMILES string of the molecule is C[C@@H](NC(=O)c1ccc([18F])c(C#N)c1)C(=O)N[C@H](Cc1ccccc1)C(N)=O. The first-order valence-electron chi connectivity index (χ1n) is 8.46. The van der Waals surface area contributed by atoms with Crippen LogP contribution in [0.5, 0.6) is 0 Å². The number of amides is 3. The third kappa shape index (κ3) is 5.38. The van der Waals surface area contributed by atoms with E-state index in [0.29, 0.717) is 0 Å². The fraction of sp³-hybridized carbons (Fsp3) is 0.200. The molecule has 0 radical (unpaired) electrons. The highest BCUT2D eigenvalue weighted by Gasteiger charge is 2.23. The maximum atomic E-state index is 13.4. The lowest BCUT2D eigenvalue weighted by molar-refractivity contribution is -0.128. The molecular weight excluding hydrogens is 362 g/mol. The lowest BCUT2D eigenvalue weighted by Crippen LogP contribution is -2.52. The predicted molar refractivity (Wildman–Crippen MR) is 99.3 cm³/mol. The van der Waals surface area contributed by atoms with Crippen LogP contribution in [0.2, 0.25) is 0 Å². The van der Waals surface area contributed by atoms with E-state index in [9.17, 15) is 18.8 Å². The van der Waals surface area contributed by atoms with Crippen molar-refractivity contribution in [3.63, 3.8) is 0 Å². The van der Waals surface area contributed by atoms with Crippen LogP contribution in [0.15, 0.2) is 48.5 Å². The largest absolute Gasteiger partial charge is 0.368 e. The minimum Gasteiger partial charge on any atom is -0.368 e. The van der Waals surface area contributed by atoms with E-state index in [4.69, 9.17) is 11.0 Å². The van der Waals surface area contributed by atoms with Gasteiger partial charge in [-0.1, -0.05) is 30.3 Å². The Kier molecular flexibility index (Phi) is 6.82. The Bertz CT molecular complexity index is 925. The number of hydrogen-bond donors (Lipinski definition) is 3. The predicted octanol–water partition coefficient (Wildman–Crippen LogP) is 1.03. The molecule has 0 spiro atoms. The van der Waals surface area contributed by atoms with E-state index in [2.05, 4.69) is 10.6 Å². The molecule has 28 heavy (non-hydrogen) atoms. The van der Waals surface area contributed by atoms with E-state index in [1.165, 1.54) is 13.0 Å². The molecule has 2 rings (SSSR count). The molecule has 2 aromatic rings. The molecule has 0 aliphatic rings. The Morgan fingerprint density at radius 2 is 1.82 bits per heavy atom. The minimum absolute atomic E-state index is 0.0355. The summed E-state index contributed by atoms with van der Waals surface area (Å²) >= 11 is 0. The van der Waals surface area contributed by atoms with Crippen molar-refractivity contribution in [3.8, 4) is 6.07 Å². The lowest BCUT2D eigenvalue weighted by atomic mass is 10.1. The fourth-order valence-corrected chi connectivity index (χ4v) is 2.47. The number of primary amides is 1. The van der Waals surface area contributed by atoms with Crippen molar-refractivity contribution in [3.05, 3.63) is 71.0 Å². The fourth-order valence-electron chi connectivity index (χ4n) is 2.47. The van der Waals surface area contributed by atoms with Crippen molar-refractivity contribution in [2.45, 2.75) is 25.4 Å². The zero-order valence-corrected chi connectivity index (χ0v) is 15.1. The summed E-state index contributed by atoms with van der Waals surface area (Å²) in [5.74, 6) is -2.70. The maximum absolute atomic E-state index is 13.4. The molecule has 0 saturated carbocycles. The van der Waals surface area contributed by atoms with Crippen LogP contribution in [0.25, 0.3) is 0 Å². The van der Waals surface area contributed by atoms with Gasteiger partial charge in [0.05, 0.1) is 5.56 Å². The highest BCUT2D eigenvalue weighted by molar-refractivity contribution is 5.98. The number of hydrogen-bond acceptors (Lipinski definition) is 4. The summed E-state index contributed by atoms with van der Waals surface area (Å²) in [7, 11) is 0. The Morgan fingerprint density at radius 1 is 1.14 bits per heavy atom. The molecule has 2 aromatic carbocycles. The first-order chi connectivity index (χ1) is 13.3. The summed E-state index contributed by atoms with van der Waals surface area (Å²) in [5.41, 5.74) is 5.94. The van der Waals surface area contributed by atoms with Crippen molar-refractivity contribution in [1.29, 1.82) is 5.26 Å². The van der Waals surface area contributed by atoms with Gasteiger partial charge < -0.3 is 16.4 Å². The van der Waals surface area contributed by atoms with E-state index >= 15 is 0 Å². The third-order valence-corrected chi connectivity index (χ3v) is 4.03. The van der Waals surface area contributed by atoms with Gasteiger partial charge in [-0.25, -0.2) is 4.39 Å². The van der Waals surface area contributed by atoms with Crippen LogP contribution in [0, 0.1) is 17.1 Å². The van der Waals surface area contributed by atoms with Crippen molar-refractivity contribution in [1.82, 2.24) is 10.6 Å². The summed E-state index contributed by atoms with van der Waals surface area (Å²) in [4.78, 5) is 36.2. The monoisotopic (exact) mass is 381 g/mol. The summed E-state index contributed by atoms with van der Waals surface area (Å²) in [5, 5.41) is 13.8. The van der Waals surface area contributed by atoms with Crippen LogP contribution in [0.3, 0.4) is 0 Å². The molecule has 2 atom stereocenters. The number of nitrogens with zero attached hydrogens (tertiary/aromatic N) is 1. The van der Waals surface area contributed by atoms with E-state index < -0.39 is 35.6 Å². The molecule has 0 aliphatic heterocycles. The Labute approximate surface area is 161 Å². The van der Waals surface area contributed by atoms with Gasteiger partial charge in [-0.15, -0.1) is 0 Å². The molecule has 7 nitrogen and oxygen atoms in total. The number of carbonyl (C=O) groups excluding carboxylic acids is 3. The minimum atomic E-state index is -0.985. The smallest absolute Gasteiger partial charge is 0.251 e. The van der Waals surface area contributed by atoms with Gasteiger partial charge in [0.15, 0.2) is 0 Å². The number of rotatable bonds is 7. The first kappa shape index (κ1) is 20.6. The Balaban J connectivity index is 2.01. The second kappa shape index (κ2) is 9.28. The van der Waals surface area contributed by atoms with E-state index in [0.717, 1.165) is 17.7 Å². The van der Waals surface area contributed by atoms with Gasteiger partial charge in [0.1, 0.15) is 24.0 Å². The summed E-state index contributed by atoms with van der Waals surface area (Å²) in [6, 6.07) is 12.0. The van der Waals surface area contributed by atoms with Gasteiger partial charge in [0.25, 0.3) is 5.91 Å². The second-order valence-electron chi connectivity index (χ2n) is 6.15. The van der Waals surface area contributed by atoms with E-state index in [1.54, 1.807) is 30.3 Å². The molecule has 0 fully saturated rings. The van der Waals surface area contributed by atoms with Gasteiger partial charge >= 0.3 is 0 Å². The average Bonchev–Trinajstić information content (AvgIpc) is 2.68. The van der Waals surface area contributed by atoms with Gasteiger partial charge in [-0.2, -0.15) is 5.26 Å². The Hall–Kier alpha value is -3.73.